The lowest BCUT2D eigenvalue weighted by Gasteiger charge is -2.23. The van der Waals surface area contributed by atoms with Crippen LogP contribution >= 0.6 is 11.3 Å². The van der Waals surface area contributed by atoms with E-state index in [1.165, 1.54) is 21.7 Å². The Morgan fingerprint density at radius 2 is 2.25 bits per heavy atom. The highest BCUT2D eigenvalue weighted by Gasteiger charge is 2.14. The van der Waals surface area contributed by atoms with Crippen molar-refractivity contribution in [3.05, 3.63) is 51.0 Å². The molecule has 1 aromatic carbocycles. The van der Waals surface area contributed by atoms with E-state index in [0.717, 1.165) is 32.6 Å². The fourth-order valence-electron chi connectivity index (χ4n) is 2.83. The fraction of sp³-hybridized carbons (Fsp3) is 0.438. The molecule has 0 spiro atoms. The first-order valence-electron chi connectivity index (χ1n) is 7.12. The van der Waals surface area contributed by atoms with E-state index in [1.54, 1.807) is 16.9 Å². The molecule has 0 bridgehead atoms. The normalized spacial score (nSPS) is 14.6. The van der Waals surface area contributed by atoms with Gasteiger partial charge in [0.05, 0.1) is 11.2 Å². The summed E-state index contributed by atoms with van der Waals surface area (Å²) in [5, 5.41) is 3.45. The largest absolute Gasteiger partial charge is 0.312 e. The van der Waals surface area contributed by atoms with Crippen molar-refractivity contribution in [2.45, 2.75) is 33.0 Å². The fourth-order valence-corrected chi connectivity index (χ4v) is 3.69. The van der Waals surface area contributed by atoms with Gasteiger partial charge in [-0.15, -0.1) is 11.3 Å². The lowest BCUT2D eigenvalue weighted by atomic mass is 9.95. The lowest BCUT2D eigenvalue weighted by Crippen LogP contribution is -2.26. The Morgan fingerprint density at radius 1 is 1.35 bits per heavy atom. The van der Waals surface area contributed by atoms with Gasteiger partial charge >= 0.3 is 0 Å². The number of fused-ring (bicyclic) bond motifs is 1. The van der Waals surface area contributed by atoms with Crippen LogP contribution in [0.2, 0.25) is 0 Å². The average Bonchev–Trinajstić information content (AvgIpc) is 2.85. The lowest BCUT2D eigenvalue weighted by molar-refractivity contribution is 0.319. The number of aromatic nitrogens is 1. The summed E-state index contributed by atoms with van der Waals surface area (Å²) in [6.07, 6.45) is 1.15. The van der Waals surface area contributed by atoms with Crippen molar-refractivity contribution < 1.29 is 0 Å². The first kappa shape index (κ1) is 13.7. The Labute approximate surface area is 124 Å². The highest BCUT2D eigenvalue weighted by molar-refractivity contribution is 7.09. The van der Waals surface area contributed by atoms with Crippen LogP contribution in [-0.2, 0) is 26.1 Å². The minimum atomic E-state index is 0.985. The number of hydrogen-bond donors (Lipinski definition) is 1. The monoisotopic (exact) mass is 287 g/mol. The second-order valence-corrected chi connectivity index (χ2v) is 6.45. The van der Waals surface area contributed by atoms with Gasteiger partial charge in [0.25, 0.3) is 0 Å². The van der Waals surface area contributed by atoms with Crippen LogP contribution < -0.4 is 5.32 Å². The molecule has 1 N–H and O–H groups in total. The van der Waals surface area contributed by atoms with Crippen LogP contribution in [-0.4, -0.2) is 23.5 Å². The Kier molecular flexibility index (Phi) is 4.15. The maximum absolute atomic E-state index is 4.33. The Balaban J connectivity index is 1.73. The summed E-state index contributed by atoms with van der Waals surface area (Å²) in [6, 6.07) is 6.71. The van der Waals surface area contributed by atoms with E-state index in [1.807, 2.05) is 5.51 Å². The van der Waals surface area contributed by atoms with E-state index in [-0.39, 0.29) is 0 Å². The molecule has 0 saturated carbocycles. The molecule has 0 saturated heterocycles. The molecule has 0 aliphatic carbocycles. The molecule has 0 atom stereocenters. The summed E-state index contributed by atoms with van der Waals surface area (Å²) in [5.41, 5.74) is 7.61. The van der Waals surface area contributed by atoms with Gasteiger partial charge in [-0.2, -0.15) is 0 Å². The SMILES string of the molecule is Cc1ncsc1CN(C)Cc1cccc2c1CCNC2. The molecule has 20 heavy (non-hydrogen) atoms. The van der Waals surface area contributed by atoms with E-state index in [2.05, 4.69) is 47.4 Å². The number of aryl methyl sites for hydroxylation is 1. The second-order valence-electron chi connectivity index (χ2n) is 5.51. The summed E-state index contributed by atoms with van der Waals surface area (Å²) in [5.74, 6) is 0. The van der Waals surface area contributed by atoms with Crippen LogP contribution in [0.3, 0.4) is 0 Å². The predicted molar refractivity (Wildman–Crippen MR) is 83.9 cm³/mol. The van der Waals surface area contributed by atoms with Gasteiger partial charge in [-0.05, 0) is 43.6 Å². The van der Waals surface area contributed by atoms with Gasteiger partial charge in [0.15, 0.2) is 0 Å². The number of nitrogens with one attached hydrogen (secondary N) is 1. The number of hydrogen-bond acceptors (Lipinski definition) is 4. The Bertz CT molecular complexity index is 591. The third-order valence-corrected chi connectivity index (χ3v) is 4.86. The molecule has 2 aromatic rings. The molecule has 106 valence electrons. The van der Waals surface area contributed by atoms with Gasteiger partial charge in [-0.1, -0.05) is 18.2 Å². The Hall–Kier alpha value is -1.23. The second kappa shape index (κ2) is 6.04. The van der Waals surface area contributed by atoms with Gasteiger partial charge in [-0.25, -0.2) is 4.98 Å². The molecular formula is C16H21N3S. The Morgan fingerprint density at radius 3 is 3.05 bits per heavy atom. The molecule has 0 radical (unpaired) electrons. The van der Waals surface area contributed by atoms with E-state index in [0.29, 0.717) is 0 Å². The molecule has 3 nitrogen and oxygen atoms in total. The quantitative estimate of drug-likeness (QED) is 0.937. The molecule has 1 aliphatic heterocycles. The van der Waals surface area contributed by atoms with Crippen molar-refractivity contribution in [3.63, 3.8) is 0 Å². The molecule has 3 rings (SSSR count). The average molecular weight is 287 g/mol. The summed E-state index contributed by atoms with van der Waals surface area (Å²) >= 11 is 1.75. The zero-order chi connectivity index (χ0) is 13.9. The smallest absolute Gasteiger partial charge is 0.0798 e. The van der Waals surface area contributed by atoms with E-state index in [4.69, 9.17) is 0 Å². The summed E-state index contributed by atoms with van der Waals surface area (Å²) in [6.45, 7) is 6.21. The first-order valence-corrected chi connectivity index (χ1v) is 8.00. The van der Waals surface area contributed by atoms with Crippen LogP contribution in [0.15, 0.2) is 23.7 Å². The molecule has 1 aromatic heterocycles. The van der Waals surface area contributed by atoms with Crippen molar-refractivity contribution >= 4 is 11.3 Å². The topological polar surface area (TPSA) is 28.2 Å². The van der Waals surface area contributed by atoms with Gasteiger partial charge in [0.1, 0.15) is 0 Å². The first-order chi connectivity index (χ1) is 9.74. The van der Waals surface area contributed by atoms with E-state index >= 15 is 0 Å². The van der Waals surface area contributed by atoms with Crippen molar-refractivity contribution in [2.75, 3.05) is 13.6 Å². The maximum atomic E-state index is 4.33. The molecule has 0 unspecified atom stereocenters. The van der Waals surface area contributed by atoms with Gasteiger partial charge in [0, 0.05) is 24.5 Å². The standard InChI is InChI=1S/C16H21N3S/c1-12-16(20-11-18-12)10-19(2)9-14-5-3-4-13-8-17-7-6-15(13)14/h3-5,11,17H,6-10H2,1-2H3. The van der Waals surface area contributed by atoms with E-state index < -0.39 is 0 Å². The zero-order valence-electron chi connectivity index (χ0n) is 12.1. The third kappa shape index (κ3) is 2.92. The minimum Gasteiger partial charge on any atom is -0.312 e. The molecular weight excluding hydrogens is 266 g/mol. The minimum absolute atomic E-state index is 0.985. The van der Waals surface area contributed by atoms with Crippen molar-refractivity contribution in [1.82, 2.24) is 15.2 Å². The maximum Gasteiger partial charge on any atom is 0.0798 e. The number of thiazole rings is 1. The van der Waals surface area contributed by atoms with Crippen LogP contribution in [0.5, 0.6) is 0 Å². The molecule has 0 amide bonds. The molecule has 2 heterocycles. The summed E-state index contributed by atoms with van der Waals surface area (Å²) in [4.78, 5) is 8.09. The predicted octanol–water partition coefficient (Wildman–Crippen LogP) is 2.73. The van der Waals surface area contributed by atoms with Crippen LogP contribution in [0.1, 0.15) is 27.3 Å². The third-order valence-electron chi connectivity index (χ3n) is 3.94. The van der Waals surface area contributed by atoms with Crippen molar-refractivity contribution in [2.24, 2.45) is 0 Å². The zero-order valence-corrected chi connectivity index (χ0v) is 13.0. The van der Waals surface area contributed by atoms with Gasteiger partial charge < -0.3 is 5.32 Å². The van der Waals surface area contributed by atoms with Gasteiger partial charge in [-0.3, -0.25) is 4.90 Å². The summed E-state index contributed by atoms with van der Waals surface area (Å²) in [7, 11) is 2.19. The van der Waals surface area contributed by atoms with Gasteiger partial charge in [0.2, 0.25) is 0 Å². The molecule has 0 fully saturated rings. The number of benzene rings is 1. The van der Waals surface area contributed by atoms with Crippen LogP contribution in [0, 0.1) is 6.92 Å². The van der Waals surface area contributed by atoms with Crippen LogP contribution in [0.4, 0.5) is 0 Å². The van der Waals surface area contributed by atoms with Crippen LogP contribution in [0.25, 0.3) is 0 Å². The molecule has 1 aliphatic rings. The van der Waals surface area contributed by atoms with Crippen molar-refractivity contribution in [1.29, 1.82) is 0 Å². The highest BCUT2D eigenvalue weighted by Crippen LogP contribution is 2.21. The summed E-state index contributed by atoms with van der Waals surface area (Å²) < 4.78 is 0. The highest BCUT2D eigenvalue weighted by atomic mass is 32.1. The number of rotatable bonds is 4. The number of nitrogens with zero attached hydrogens (tertiary/aromatic N) is 2. The molecule has 4 heteroatoms. The van der Waals surface area contributed by atoms with Crippen molar-refractivity contribution in [3.8, 4) is 0 Å². The van der Waals surface area contributed by atoms with E-state index in [9.17, 15) is 0 Å².